The fourth-order valence-corrected chi connectivity index (χ4v) is 6.64. The number of aliphatic hydroxyl groups excluding tert-OH is 1. The number of rotatable bonds is 7. The lowest BCUT2D eigenvalue weighted by molar-refractivity contribution is -0.130. The molecule has 2 bridgehead atoms. The molecule has 1 heterocycles. The highest BCUT2D eigenvalue weighted by atomic mass is 32.2. The van der Waals surface area contributed by atoms with Crippen LogP contribution in [0.3, 0.4) is 0 Å². The van der Waals surface area contributed by atoms with Gasteiger partial charge in [-0.05, 0) is 54.9 Å². The van der Waals surface area contributed by atoms with E-state index in [4.69, 9.17) is 9.47 Å². The third-order valence-corrected chi connectivity index (χ3v) is 9.40. The van der Waals surface area contributed by atoms with Crippen molar-refractivity contribution in [3.8, 4) is 5.75 Å². The summed E-state index contributed by atoms with van der Waals surface area (Å²) in [6, 6.07) is 3.68. The van der Waals surface area contributed by atoms with Gasteiger partial charge in [0.15, 0.2) is 0 Å². The molecule has 9 nitrogen and oxygen atoms in total. The number of hydrogen-bond donors (Lipinski definition) is 3. The lowest BCUT2D eigenvalue weighted by Gasteiger charge is -2.32. The highest BCUT2D eigenvalue weighted by Crippen LogP contribution is 2.42. The summed E-state index contributed by atoms with van der Waals surface area (Å²) >= 11 is 0. The lowest BCUT2D eigenvalue weighted by Crippen LogP contribution is -2.55. The molecule has 1 aliphatic carbocycles. The minimum atomic E-state index is -4.65. The molecule has 232 valence electrons. The van der Waals surface area contributed by atoms with Crippen molar-refractivity contribution in [1.29, 1.82) is 0 Å². The van der Waals surface area contributed by atoms with Crippen LogP contribution in [0, 0.1) is 5.92 Å². The van der Waals surface area contributed by atoms with Crippen LogP contribution >= 0.6 is 0 Å². The topological polar surface area (TPSA) is 117 Å². The molecule has 1 amide bonds. The highest BCUT2D eigenvalue weighted by molar-refractivity contribution is 7.89. The van der Waals surface area contributed by atoms with Crippen LogP contribution in [0.15, 0.2) is 30.4 Å². The van der Waals surface area contributed by atoms with Crippen LogP contribution < -0.4 is 15.4 Å². The van der Waals surface area contributed by atoms with Crippen LogP contribution in [0.5, 0.6) is 5.75 Å². The quantitative estimate of drug-likeness (QED) is 0.407. The molecule has 0 aromatic heterocycles. The molecular formula is C28H42F3N3O6S. The number of β-amino-alcohol motifs (C(OH)–C–C–N with tert-alkyl or cyclic N) is 1. The summed E-state index contributed by atoms with van der Waals surface area (Å²) in [5.41, 5.74) is 2.03. The number of methoxy groups -OCH3 is 1. The van der Waals surface area contributed by atoms with Crippen molar-refractivity contribution in [3.05, 3.63) is 41.5 Å². The van der Waals surface area contributed by atoms with Gasteiger partial charge in [-0.1, -0.05) is 32.1 Å². The Morgan fingerprint density at radius 3 is 2.61 bits per heavy atom. The van der Waals surface area contributed by atoms with Crippen LogP contribution in [0.25, 0.3) is 0 Å². The lowest BCUT2D eigenvalue weighted by atomic mass is 9.97. The Hall–Kier alpha value is -2.19. The first-order chi connectivity index (χ1) is 19.2. The Balaban J connectivity index is 1.87. The number of hydrogen-bond acceptors (Lipinski definition) is 7. The van der Waals surface area contributed by atoms with Crippen molar-refractivity contribution in [2.75, 3.05) is 33.1 Å². The van der Waals surface area contributed by atoms with Gasteiger partial charge in [0.25, 0.3) is 0 Å². The van der Waals surface area contributed by atoms with E-state index in [-0.39, 0.29) is 37.6 Å². The molecule has 2 aliphatic rings. The molecule has 0 saturated carbocycles. The van der Waals surface area contributed by atoms with E-state index in [2.05, 4.69) is 10.6 Å². The molecule has 0 spiro atoms. The average Bonchev–Trinajstić information content (AvgIpc) is 3.24. The minimum absolute atomic E-state index is 0.0426. The second-order valence-electron chi connectivity index (χ2n) is 11.1. The maximum absolute atomic E-state index is 13.5. The van der Waals surface area contributed by atoms with Crippen LogP contribution in [0.4, 0.5) is 13.2 Å². The zero-order valence-electron chi connectivity index (χ0n) is 24.0. The number of halogens is 3. The molecule has 1 aromatic rings. The van der Waals surface area contributed by atoms with Crippen molar-refractivity contribution in [1.82, 2.24) is 14.9 Å². The third-order valence-electron chi connectivity index (χ3n) is 7.55. The second-order valence-corrected chi connectivity index (χ2v) is 13.2. The van der Waals surface area contributed by atoms with Crippen LogP contribution in [0.1, 0.15) is 69.2 Å². The van der Waals surface area contributed by atoms with E-state index in [9.17, 15) is 31.5 Å². The Morgan fingerprint density at radius 1 is 1.22 bits per heavy atom. The number of likely N-dealkylation sites (N-methyl/N-ethyl adjacent to an activating group) is 1. The second kappa shape index (κ2) is 14.3. The molecular weight excluding hydrogens is 563 g/mol. The SMILES string of the molecule is COc1ccc2c(c1)[C@H]1C[C@@H]2OC/C=C/CCC(N(C)S(=O)(=O)CCC(F)(F)F)C(=O)N[C@@H](CC(C)C)[C@H](O)CN1. The summed E-state index contributed by atoms with van der Waals surface area (Å²) in [5, 5.41) is 17.4. The largest absolute Gasteiger partial charge is 0.497 e. The van der Waals surface area contributed by atoms with Crippen molar-refractivity contribution < 1.29 is 41.0 Å². The molecule has 0 radical (unpaired) electrons. The molecule has 41 heavy (non-hydrogen) atoms. The number of ether oxygens (including phenoxy) is 2. The third kappa shape index (κ3) is 9.40. The fraction of sp³-hybridized carbons (Fsp3) is 0.679. The van der Waals surface area contributed by atoms with E-state index in [0.717, 1.165) is 22.5 Å². The maximum atomic E-state index is 13.5. The predicted molar refractivity (Wildman–Crippen MR) is 149 cm³/mol. The van der Waals surface area contributed by atoms with Gasteiger partial charge in [-0.25, -0.2) is 8.42 Å². The van der Waals surface area contributed by atoms with E-state index in [1.807, 2.05) is 32.0 Å². The van der Waals surface area contributed by atoms with Gasteiger partial charge in [0, 0.05) is 19.6 Å². The summed E-state index contributed by atoms with van der Waals surface area (Å²) < 4.78 is 76.1. The number of allylic oxidation sites excluding steroid dienone is 1. The maximum Gasteiger partial charge on any atom is 0.390 e. The van der Waals surface area contributed by atoms with Crippen LogP contribution in [-0.4, -0.2) is 81.2 Å². The van der Waals surface area contributed by atoms with Crippen molar-refractivity contribution in [2.45, 2.75) is 82.5 Å². The van der Waals surface area contributed by atoms with E-state index < -0.39 is 52.5 Å². The molecule has 3 N–H and O–H groups in total. The number of amides is 1. The number of benzene rings is 1. The average molecular weight is 606 g/mol. The summed E-state index contributed by atoms with van der Waals surface area (Å²) in [7, 11) is -1.68. The number of alkyl halides is 3. The van der Waals surface area contributed by atoms with Gasteiger partial charge < -0.3 is 25.2 Å². The van der Waals surface area contributed by atoms with Gasteiger partial charge in [-0.15, -0.1) is 0 Å². The van der Waals surface area contributed by atoms with Crippen molar-refractivity contribution in [2.24, 2.45) is 5.92 Å². The zero-order chi connectivity index (χ0) is 30.4. The first-order valence-corrected chi connectivity index (χ1v) is 15.5. The molecule has 0 saturated heterocycles. The zero-order valence-corrected chi connectivity index (χ0v) is 24.8. The number of sulfonamides is 1. The Morgan fingerprint density at radius 2 is 1.95 bits per heavy atom. The van der Waals surface area contributed by atoms with Gasteiger partial charge in [0.05, 0.1) is 44.1 Å². The predicted octanol–water partition coefficient (Wildman–Crippen LogP) is 3.61. The number of fused-ring (bicyclic) bond motifs is 5. The Bertz CT molecular complexity index is 1160. The standard InChI is InChI=1S/C28H42F3N3O6S/c1-18(2)14-23-25(35)17-32-22-16-26(20-10-9-19(39-4)15-21(20)22)40-12-7-5-6-8-24(27(36)33-23)34(3)41(37,38)13-11-28(29,30)31/h5,7,9-10,15,18,22-26,32,35H,6,8,11-14,16-17H2,1-4H3,(H,33,36)/b7-5+/t22-,23+,24?,25-,26+/m1/s1. The fourth-order valence-electron chi connectivity index (χ4n) is 5.27. The van der Waals surface area contributed by atoms with E-state index in [1.54, 1.807) is 19.3 Å². The van der Waals surface area contributed by atoms with E-state index in [0.29, 0.717) is 25.0 Å². The summed E-state index contributed by atoms with van der Waals surface area (Å²) in [5.74, 6) is -1.03. The van der Waals surface area contributed by atoms with Gasteiger partial charge >= 0.3 is 6.18 Å². The van der Waals surface area contributed by atoms with E-state index in [1.165, 1.54) is 0 Å². The molecule has 1 aliphatic heterocycles. The van der Waals surface area contributed by atoms with Crippen molar-refractivity contribution >= 4 is 15.9 Å². The smallest absolute Gasteiger partial charge is 0.390 e. The molecule has 0 fully saturated rings. The highest BCUT2D eigenvalue weighted by Gasteiger charge is 2.37. The number of nitrogens with one attached hydrogen (secondary N) is 2. The van der Waals surface area contributed by atoms with Crippen LogP contribution in [0.2, 0.25) is 0 Å². The monoisotopic (exact) mass is 605 g/mol. The Kier molecular flexibility index (Phi) is 11.6. The number of carbonyl (C=O) groups is 1. The van der Waals surface area contributed by atoms with Crippen molar-refractivity contribution in [3.63, 3.8) is 0 Å². The minimum Gasteiger partial charge on any atom is -0.497 e. The molecule has 1 unspecified atom stereocenters. The number of carbonyl (C=O) groups excluding carboxylic acids is 1. The van der Waals surface area contributed by atoms with Gasteiger partial charge in [0.2, 0.25) is 15.9 Å². The molecule has 5 atom stereocenters. The van der Waals surface area contributed by atoms with Gasteiger partial charge in [0.1, 0.15) is 11.8 Å². The molecule has 3 rings (SSSR count). The normalized spacial score (nSPS) is 27.5. The number of aliphatic hydroxyl groups is 1. The van der Waals surface area contributed by atoms with Gasteiger partial charge in [-0.3, -0.25) is 4.79 Å². The first-order valence-electron chi connectivity index (χ1n) is 13.9. The van der Waals surface area contributed by atoms with E-state index >= 15 is 0 Å². The number of nitrogens with zero attached hydrogens (tertiary/aromatic N) is 1. The molecule has 13 heteroatoms. The summed E-state index contributed by atoms with van der Waals surface area (Å²) in [6.07, 6.45) is -2.42. The Labute approximate surface area is 240 Å². The molecule has 1 aromatic carbocycles. The first kappa shape index (κ1) is 33.3. The van der Waals surface area contributed by atoms with Crippen LogP contribution in [-0.2, 0) is 19.6 Å². The summed E-state index contributed by atoms with van der Waals surface area (Å²) in [4.78, 5) is 13.5. The summed E-state index contributed by atoms with van der Waals surface area (Å²) in [6.45, 7) is 4.28. The van der Waals surface area contributed by atoms with Gasteiger partial charge in [-0.2, -0.15) is 17.5 Å².